The summed E-state index contributed by atoms with van der Waals surface area (Å²) in [5.74, 6) is 0.189. The molecule has 1 amide bonds. The Bertz CT molecular complexity index is 695. The third-order valence-corrected chi connectivity index (χ3v) is 5.44. The monoisotopic (exact) mass is 304 g/mol. The van der Waals surface area contributed by atoms with Crippen molar-refractivity contribution < 1.29 is 9.90 Å². The van der Waals surface area contributed by atoms with Crippen LogP contribution in [0.1, 0.15) is 28.6 Å². The fourth-order valence-corrected chi connectivity index (χ4v) is 3.95. The number of anilines is 1. The fraction of sp³-hybridized carbons (Fsp3) is 0.438. The summed E-state index contributed by atoms with van der Waals surface area (Å²) in [4.78, 5) is 15.0. The quantitative estimate of drug-likeness (QED) is 0.851. The molecule has 2 aromatic rings. The Kier molecular flexibility index (Phi) is 3.63. The molecule has 0 bridgehead atoms. The minimum Gasteiger partial charge on any atom is -0.397 e. The maximum absolute atomic E-state index is 12.7. The highest BCUT2D eigenvalue weighted by Crippen LogP contribution is 2.35. The van der Waals surface area contributed by atoms with E-state index in [1.807, 2.05) is 26.0 Å². The maximum atomic E-state index is 12.7. The molecule has 4 nitrogen and oxygen atoms in total. The number of nitrogens with zero attached hydrogens (tertiary/aromatic N) is 1. The smallest absolute Gasteiger partial charge is 0.266 e. The van der Waals surface area contributed by atoms with Crippen molar-refractivity contribution in [1.82, 2.24) is 4.90 Å². The zero-order chi connectivity index (χ0) is 15.1. The molecule has 0 aliphatic carbocycles. The highest BCUT2D eigenvalue weighted by Gasteiger charge is 2.29. The van der Waals surface area contributed by atoms with Crippen molar-refractivity contribution in [2.24, 2.45) is 5.92 Å². The highest BCUT2D eigenvalue weighted by molar-refractivity contribution is 7.21. The van der Waals surface area contributed by atoms with Gasteiger partial charge in [0.15, 0.2) is 0 Å². The van der Waals surface area contributed by atoms with Crippen LogP contribution in [-0.2, 0) is 0 Å². The van der Waals surface area contributed by atoms with Gasteiger partial charge in [0.25, 0.3) is 5.91 Å². The molecule has 2 heterocycles. The van der Waals surface area contributed by atoms with Crippen molar-refractivity contribution in [3.8, 4) is 0 Å². The fourth-order valence-electron chi connectivity index (χ4n) is 2.76. The summed E-state index contributed by atoms with van der Waals surface area (Å²) in [5, 5.41) is 10.9. The Balaban J connectivity index is 1.93. The van der Waals surface area contributed by atoms with Crippen LogP contribution < -0.4 is 5.73 Å². The van der Waals surface area contributed by atoms with Gasteiger partial charge >= 0.3 is 0 Å². The van der Waals surface area contributed by atoms with E-state index in [0.29, 0.717) is 23.7 Å². The number of rotatable bonds is 1. The molecule has 3 N–H and O–H groups in total. The number of piperidine rings is 1. The molecule has 2 unspecified atom stereocenters. The van der Waals surface area contributed by atoms with Gasteiger partial charge < -0.3 is 15.7 Å². The number of fused-ring (bicyclic) bond motifs is 1. The summed E-state index contributed by atoms with van der Waals surface area (Å²) in [6.07, 6.45) is 0.386. The lowest BCUT2D eigenvalue weighted by Gasteiger charge is -2.34. The van der Waals surface area contributed by atoms with Crippen molar-refractivity contribution in [3.63, 3.8) is 0 Å². The molecule has 0 spiro atoms. The minimum atomic E-state index is -0.444. The summed E-state index contributed by atoms with van der Waals surface area (Å²) >= 11 is 1.44. The van der Waals surface area contributed by atoms with Gasteiger partial charge in [0.05, 0.1) is 11.8 Å². The lowest BCUT2D eigenvalue weighted by molar-refractivity contribution is 0.0252. The largest absolute Gasteiger partial charge is 0.397 e. The standard InChI is InChI=1S/C16H20N2O2S/c1-9-3-4-11-13(7-9)21-15(14(11)17)16(20)18-6-5-10(2)12(19)8-18/h3-4,7,10,12,19H,5-6,8,17H2,1-2H3. The number of thiophene rings is 1. The molecule has 1 aromatic heterocycles. The van der Waals surface area contributed by atoms with Gasteiger partial charge in [-0.15, -0.1) is 11.3 Å². The van der Waals surface area contributed by atoms with Crippen LogP contribution in [-0.4, -0.2) is 35.1 Å². The molecular weight excluding hydrogens is 284 g/mol. The van der Waals surface area contributed by atoms with Crippen LogP contribution >= 0.6 is 11.3 Å². The zero-order valence-corrected chi connectivity index (χ0v) is 13.1. The molecular formula is C16H20N2O2S. The number of hydrogen-bond donors (Lipinski definition) is 2. The summed E-state index contributed by atoms with van der Waals surface area (Å²) in [6.45, 7) is 5.12. The molecule has 5 heteroatoms. The molecule has 21 heavy (non-hydrogen) atoms. The first-order valence-corrected chi connectivity index (χ1v) is 8.05. The first-order valence-electron chi connectivity index (χ1n) is 7.23. The SMILES string of the molecule is Cc1ccc2c(N)c(C(=O)N3CCC(C)C(O)C3)sc2c1. The van der Waals surface area contributed by atoms with Crippen molar-refractivity contribution in [2.75, 3.05) is 18.8 Å². The second kappa shape index (κ2) is 5.31. The van der Waals surface area contributed by atoms with E-state index < -0.39 is 6.10 Å². The van der Waals surface area contributed by atoms with Gasteiger partial charge in [-0.05, 0) is 30.9 Å². The van der Waals surface area contributed by atoms with E-state index in [1.54, 1.807) is 4.90 Å². The van der Waals surface area contributed by atoms with Crippen molar-refractivity contribution in [2.45, 2.75) is 26.4 Å². The molecule has 2 atom stereocenters. The predicted octanol–water partition coefficient (Wildman–Crippen LogP) is 2.63. The van der Waals surface area contributed by atoms with Crippen LogP contribution in [0, 0.1) is 12.8 Å². The summed E-state index contributed by atoms with van der Waals surface area (Å²) in [5.41, 5.74) is 7.88. The summed E-state index contributed by atoms with van der Waals surface area (Å²) in [7, 11) is 0. The van der Waals surface area contributed by atoms with Gasteiger partial charge in [0, 0.05) is 23.2 Å². The average molecular weight is 304 g/mol. The predicted molar refractivity (Wildman–Crippen MR) is 86.7 cm³/mol. The Morgan fingerprint density at radius 3 is 2.95 bits per heavy atom. The zero-order valence-electron chi connectivity index (χ0n) is 12.3. The number of β-amino-alcohol motifs (C(OH)–C–C–N with tert-alkyl or cyclic N) is 1. The first-order chi connectivity index (χ1) is 9.97. The maximum Gasteiger partial charge on any atom is 0.266 e. The number of nitrogens with two attached hydrogens (primary N) is 1. The van der Waals surface area contributed by atoms with E-state index in [1.165, 1.54) is 11.3 Å². The number of likely N-dealkylation sites (tertiary alicyclic amines) is 1. The van der Waals surface area contributed by atoms with E-state index >= 15 is 0 Å². The number of benzene rings is 1. The summed E-state index contributed by atoms with van der Waals surface area (Å²) < 4.78 is 1.04. The van der Waals surface area contributed by atoms with E-state index in [9.17, 15) is 9.90 Å². The lowest BCUT2D eigenvalue weighted by atomic mass is 9.96. The molecule has 1 fully saturated rings. The van der Waals surface area contributed by atoms with E-state index in [2.05, 4.69) is 6.07 Å². The average Bonchev–Trinajstić information content (AvgIpc) is 2.77. The van der Waals surface area contributed by atoms with E-state index in [-0.39, 0.29) is 11.8 Å². The van der Waals surface area contributed by atoms with Gasteiger partial charge in [0.2, 0.25) is 0 Å². The van der Waals surface area contributed by atoms with E-state index in [0.717, 1.165) is 22.1 Å². The van der Waals surface area contributed by atoms with Crippen LogP contribution in [0.15, 0.2) is 18.2 Å². The third kappa shape index (κ3) is 2.51. The number of nitrogen functional groups attached to an aromatic ring is 1. The number of aliphatic hydroxyl groups excluding tert-OH is 1. The van der Waals surface area contributed by atoms with Crippen molar-refractivity contribution in [3.05, 3.63) is 28.6 Å². The van der Waals surface area contributed by atoms with Crippen LogP contribution in [0.5, 0.6) is 0 Å². The van der Waals surface area contributed by atoms with Gasteiger partial charge in [-0.3, -0.25) is 4.79 Å². The Labute approximate surface area is 128 Å². The first kappa shape index (κ1) is 14.4. The number of amides is 1. The number of carbonyl (C=O) groups excluding carboxylic acids is 1. The number of aryl methyl sites for hydroxylation is 1. The number of carbonyl (C=O) groups is 1. The molecule has 1 aliphatic heterocycles. The van der Waals surface area contributed by atoms with Gasteiger partial charge in [-0.2, -0.15) is 0 Å². The molecule has 1 aromatic carbocycles. The third-order valence-electron chi connectivity index (χ3n) is 4.28. The lowest BCUT2D eigenvalue weighted by Crippen LogP contribution is -2.45. The molecule has 112 valence electrons. The normalized spacial score (nSPS) is 22.7. The Morgan fingerprint density at radius 1 is 1.48 bits per heavy atom. The van der Waals surface area contributed by atoms with E-state index in [4.69, 9.17) is 5.73 Å². The molecule has 0 radical (unpaired) electrons. The summed E-state index contributed by atoms with van der Waals surface area (Å²) in [6, 6.07) is 6.03. The number of hydrogen-bond acceptors (Lipinski definition) is 4. The molecule has 1 saturated heterocycles. The van der Waals surface area contributed by atoms with Gasteiger partial charge in [0.1, 0.15) is 4.88 Å². The highest BCUT2D eigenvalue weighted by atomic mass is 32.1. The minimum absolute atomic E-state index is 0.0581. The van der Waals surface area contributed by atoms with Crippen LogP contribution in [0.4, 0.5) is 5.69 Å². The van der Waals surface area contributed by atoms with Crippen LogP contribution in [0.3, 0.4) is 0 Å². The van der Waals surface area contributed by atoms with Crippen LogP contribution in [0.2, 0.25) is 0 Å². The second-order valence-electron chi connectivity index (χ2n) is 5.93. The van der Waals surface area contributed by atoms with Gasteiger partial charge in [-0.1, -0.05) is 19.1 Å². The second-order valence-corrected chi connectivity index (χ2v) is 6.98. The van der Waals surface area contributed by atoms with Gasteiger partial charge in [-0.25, -0.2) is 0 Å². The van der Waals surface area contributed by atoms with Crippen molar-refractivity contribution in [1.29, 1.82) is 0 Å². The molecule has 1 aliphatic rings. The molecule has 0 saturated carbocycles. The van der Waals surface area contributed by atoms with Crippen molar-refractivity contribution >= 4 is 33.0 Å². The topological polar surface area (TPSA) is 66.6 Å². The van der Waals surface area contributed by atoms with Crippen LogP contribution in [0.25, 0.3) is 10.1 Å². The Hall–Kier alpha value is -1.59. The Morgan fingerprint density at radius 2 is 2.24 bits per heavy atom. The number of aliphatic hydroxyl groups is 1. The molecule has 3 rings (SSSR count).